The van der Waals surface area contributed by atoms with Crippen LogP contribution in [0.15, 0.2) is 30.3 Å². The van der Waals surface area contributed by atoms with E-state index in [1.807, 2.05) is 37.3 Å². The zero-order valence-corrected chi connectivity index (χ0v) is 18.4. The molecule has 3 amide bonds. The lowest BCUT2D eigenvalue weighted by atomic mass is 9.90. The first-order chi connectivity index (χ1) is 14.7. The summed E-state index contributed by atoms with van der Waals surface area (Å²) in [5, 5.41) is 11.8. The minimum Gasteiger partial charge on any atom is -0.479 e. The van der Waals surface area contributed by atoms with Gasteiger partial charge < -0.3 is 25.8 Å². The van der Waals surface area contributed by atoms with Crippen LogP contribution in [0.1, 0.15) is 38.7 Å². The molecule has 0 radical (unpaired) electrons. The van der Waals surface area contributed by atoms with Crippen LogP contribution in [0.25, 0.3) is 0 Å². The second kappa shape index (κ2) is 12.7. The van der Waals surface area contributed by atoms with E-state index >= 15 is 0 Å². The molecule has 0 aliphatic carbocycles. The zero-order chi connectivity index (χ0) is 23.4. The highest BCUT2D eigenvalue weighted by molar-refractivity contribution is 6.09. The molecule has 0 saturated heterocycles. The lowest BCUT2D eigenvalue weighted by Crippen LogP contribution is -2.63. The van der Waals surface area contributed by atoms with E-state index in [-0.39, 0.29) is 18.7 Å². The Labute approximate surface area is 182 Å². The number of benzene rings is 1. The summed E-state index contributed by atoms with van der Waals surface area (Å²) in [4.78, 5) is 50.7. The Morgan fingerprint density at radius 3 is 2.35 bits per heavy atom. The number of rotatable bonds is 14. The van der Waals surface area contributed by atoms with Crippen molar-refractivity contribution in [2.75, 3.05) is 26.8 Å². The second-order valence-corrected chi connectivity index (χ2v) is 7.36. The molecule has 0 heterocycles. The Kier molecular flexibility index (Phi) is 10.7. The first-order valence-corrected chi connectivity index (χ1v) is 10.4. The molecule has 0 unspecified atom stereocenters. The van der Waals surface area contributed by atoms with Gasteiger partial charge in [0.15, 0.2) is 0 Å². The van der Waals surface area contributed by atoms with Crippen LogP contribution in [0.2, 0.25) is 0 Å². The maximum Gasteiger partial charge on any atom is 0.339 e. The predicted molar refractivity (Wildman–Crippen MR) is 115 cm³/mol. The first kappa shape index (κ1) is 26.1. The fraction of sp³-hybridized carbons (Fsp3) is 0.545. The molecule has 1 aromatic carbocycles. The maximum atomic E-state index is 13.0. The lowest BCUT2D eigenvalue weighted by Gasteiger charge is -2.29. The minimum atomic E-state index is -2.22. The van der Waals surface area contributed by atoms with Crippen molar-refractivity contribution in [3.05, 3.63) is 35.9 Å². The molecule has 0 fully saturated rings. The minimum absolute atomic E-state index is 0.126. The van der Waals surface area contributed by atoms with Gasteiger partial charge in [-0.25, -0.2) is 4.79 Å². The van der Waals surface area contributed by atoms with Gasteiger partial charge in [0.25, 0.3) is 5.91 Å². The first-order valence-electron chi connectivity index (χ1n) is 10.4. The number of aliphatic carboxylic acids is 1. The predicted octanol–water partition coefficient (Wildman–Crippen LogP) is 0.955. The van der Waals surface area contributed by atoms with Crippen molar-refractivity contribution in [2.24, 2.45) is 11.7 Å². The zero-order valence-electron chi connectivity index (χ0n) is 18.4. The number of hydrogen-bond acceptors (Lipinski definition) is 5. The Bertz CT molecular complexity index is 739. The Morgan fingerprint density at radius 2 is 1.84 bits per heavy atom. The Hall–Kier alpha value is -2.94. The lowest BCUT2D eigenvalue weighted by molar-refractivity contribution is -0.153. The summed E-state index contributed by atoms with van der Waals surface area (Å²) >= 11 is 0. The standard InChI is InChI=1S/C22H33N3O6/c1-4-22(20(23)28,21(29)30)24-19(27)17(12-11-16-9-7-6-8-10-16)15-18(26)25(3)13-14-31-5-2/h6-10,17H,4-5,11-15H2,1-3H3,(H2,23,28)(H,24,27)(H,29,30)/t17-,22-/m1/s1. The number of carboxylic acid groups (broad SMARTS) is 1. The largest absolute Gasteiger partial charge is 0.479 e. The van der Waals surface area contributed by atoms with E-state index in [4.69, 9.17) is 10.5 Å². The van der Waals surface area contributed by atoms with Gasteiger partial charge >= 0.3 is 5.97 Å². The van der Waals surface area contributed by atoms with E-state index in [1.165, 1.54) is 11.8 Å². The highest BCUT2D eigenvalue weighted by atomic mass is 16.5. The van der Waals surface area contributed by atoms with E-state index in [9.17, 15) is 24.3 Å². The van der Waals surface area contributed by atoms with Crippen LogP contribution >= 0.6 is 0 Å². The van der Waals surface area contributed by atoms with E-state index < -0.39 is 29.2 Å². The smallest absolute Gasteiger partial charge is 0.339 e. The molecule has 0 aliphatic heterocycles. The highest BCUT2D eigenvalue weighted by Gasteiger charge is 2.45. The number of carbonyl (C=O) groups excluding carboxylic acids is 3. The normalized spacial score (nSPS) is 13.6. The third kappa shape index (κ3) is 7.67. The number of nitrogens with zero attached hydrogens (tertiary/aromatic N) is 1. The molecule has 0 saturated carbocycles. The van der Waals surface area contributed by atoms with Crippen LogP contribution in [-0.4, -0.2) is 66.0 Å². The summed E-state index contributed by atoms with van der Waals surface area (Å²) in [6.07, 6.45) is 0.479. The third-order valence-electron chi connectivity index (χ3n) is 5.27. The van der Waals surface area contributed by atoms with Gasteiger partial charge in [-0.05, 0) is 31.7 Å². The number of likely N-dealkylation sites (N-methyl/N-ethyl adjacent to an activating group) is 1. The van der Waals surface area contributed by atoms with Crippen molar-refractivity contribution in [3.8, 4) is 0 Å². The number of carbonyl (C=O) groups is 4. The SMILES string of the molecule is CCOCCN(C)C(=O)C[C@@H](CCc1ccccc1)C(=O)N[C@](CC)(C(N)=O)C(=O)O. The van der Waals surface area contributed by atoms with Crippen molar-refractivity contribution in [3.63, 3.8) is 0 Å². The van der Waals surface area contributed by atoms with Crippen molar-refractivity contribution in [1.82, 2.24) is 10.2 Å². The summed E-state index contributed by atoms with van der Waals surface area (Å²) in [5.41, 5.74) is 4.05. The van der Waals surface area contributed by atoms with Crippen molar-refractivity contribution >= 4 is 23.7 Å². The average Bonchev–Trinajstić information content (AvgIpc) is 2.74. The molecule has 1 rings (SSSR count). The Morgan fingerprint density at radius 1 is 1.19 bits per heavy atom. The molecule has 31 heavy (non-hydrogen) atoms. The third-order valence-corrected chi connectivity index (χ3v) is 5.27. The molecule has 2 atom stereocenters. The number of ether oxygens (including phenoxy) is 1. The van der Waals surface area contributed by atoms with Gasteiger partial charge in [-0.15, -0.1) is 0 Å². The molecule has 0 aromatic heterocycles. The number of carboxylic acids is 1. The Balaban J connectivity index is 2.99. The quantitative estimate of drug-likeness (QED) is 0.294. The van der Waals surface area contributed by atoms with Crippen LogP contribution in [0.5, 0.6) is 0 Å². The van der Waals surface area contributed by atoms with Crippen LogP contribution in [0.4, 0.5) is 0 Å². The highest BCUT2D eigenvalue weighted by Crippen LogP contribution is 2.19. The number of nitrogens with two attached hydrogens (primary N) is 1. The summed E-state index contributed by atoms with van der Waals surface area (Å²) in [5.74, 6) is -4.47. The van der Waals surface area contributed by atoms with Crippen molar-refractivity contribution < 1.29 is 29.0 Å². The molecule has 172 valence electrons. The molecule has 0 spiro atoms. The summed E-state index contributed by atoms with van der Waals surface area (Å²) < 4.78 is 5.26. The summed E-state index contributed by atoms with van der Waals surface area (Å²) in [6, 6.07) is 9.43. The van der Waals surface area contributed by atoms with Crippen molar-refractivity contribution in [2.45, 2.75) is 45.1 Å². The fourth-order valence-corrected chi connectivity index (χ4v) is 3.10. The van der Waals surface area contributed by atoms with E-state index in [1.54, 1.807) is 7.05 Å². The summed E-state index contributed by atoms with van der Waals surface area (Å²) in [7, 11) is 1.62. The molecule has 9 heteroatoms. The van der Waals surface area contributed by atoms with Crippen LogP contribution in [-0.2, 0) is 30.3 Å². The number of nitrogens with one attached hydrogen (secondary N) is 1. The van der Waals surface area contributed by atoms with Gasteiger partial charge in [0, 0.05) is 32.5 Å². The van der Waals surface area contributed by atoms with Gasteiger partial charge in [-0.2, -0.15) is 0 Å². The van der Waals surface area contributed by atoms with E-state index in [2.05, 4.69) is 5.32 Å². The number of primary amides is 1. The molecule has 1 aromatic rings. The number of amides is 3. The van der Waals surface area contributed by atoms with Crippen LogP contribution in [0.3, 0.4) is 0 Å². The molecular formula is C22H33N3O6. The number of aryl methyl sites for hydroxylation is 1. The molecule has 0 aliphatic rings. The van der Waals surface area contributed by atoms with Crippen LogP contribution < -0.4 is 11.1 Å². The molecule has 9 nitrogen and oxygen atoms in total. The van der Waals surface area contributed by atoms with Crippen molar-refractivity contribution in [1.29, 1.82) is 0 Å². The average molecular weight is 436 g/mol. The van der Waals surface area contributed by atoms with E-state index in [0.717, 1.165) is 5.56 Å². The van der Waals surface area contributed by atoms with E-state index in [0.29, 0.717) is 32.6 Å². The molecule has 4 N–H and O–H groups in total. The molecule has 0 bridgehead atoms. The monoisotopic (exact) mass is 435 g/mol. The van der Waals surface area contributed by atoms with Crippen LogP contribution in [0, 0.1) is 5.92 Å². The number of hydrogen-bond donors (Lipinski definition) is 3. The van der Waals surface area contributed by atoms with Gasteiger partial charge in [-0.1, -0.05) is 37.3 Å². The molecular weight excluding hydrogens is 402 g/mol. The second-order valence-electron chi connectivity index (χ2n) is 7.36. The van der Waals surface area contributed by atoms with Gasteiger partial charge in [0.1, 0.15) is 0 Å². The topological polar surface area (TPSA) is 139 Å². The van der Waals surface area contributed by atoms with Gasteiger partial charge in [0.05, 0.1) is 6.61 Å². The van der Waals surface area contributed by atoms with Gasteiger partial charge in [-0.3, -0.25) is 14.4 Å². The van der Waals surface area contributed by atoms with Gasteiger partial charge in [0.2, 0.25) is 17.4 Å². The summed E-state index contributed by atoms with van der Waals surface area (Å²) in [6.45, 7) is 4.58. The maximum absolute atomic E-state index is 13.0. The fourth-order valence-electron chi connectivity index (χ4n) is 3.10.